The van der Waals surface area contributed by atoms with Crippen molar-refractivity contribution in [2.45, 2.75) is 30.7 Å². The fourth-order valence-corrected chi connectivity index (χ4v) is 6.97. The number of rotatable bonds is 10. The number of nitrogens with one attached hydrogen (secondary N) is 1. The molecule has 1 saturated heterocycles. The number of methoxy groups -OCH3 is 3. The van der Waals surface area contributed by atoms with Crippen LogP contribution in [-0.2, 0) is 14.8 Å². The standard InChI is InChI=1S/C30H32N8O6S/c1-18-7-5-8-20(13-18)45(40,41)38-12-10-21-26(38)29(37-11-6-9-22(37)28(31)39)35-30(33-21)34-25-16-36(17-32-25)19-14-23(42-2)27(44-4)24(15-19)43-3/h5,7-8,10,12-17,22H,6,9,11H2,1-4H3,(H2,31,39)(H,33,34,35)/t22-/m0/s1. The van der Waals surface area contributed by atoms with Crippen molar-refractivity contribution in [2.24, 2.45) is 5.73 Å². The maximum absolute atomic E-state index is 13.8. The number of imidazole rings is 1. The SMILES string of the molecule is COc1cc(-n2cnc(Nc3nc(N4CCC[C@H]4C(N)=O)c4c(ccn4S(=O)(=O)c4cccc(C)c4)n3)c2)cc(OC)c1OC. The Hall–Kier alpha value is -5.31. The lowest BCUT2D eigenvalue weighted by atomic mass is 10.2. The molecular formula is C30H32N8O6S. The number of hydrogen-bond donors (Lipinski definition) is 2. The maximum Gasteiger partial charge on any atom is 0.268 e. The third-order valence-electron chi connectivity index (χ3n) is 7.65. The lowest BCUT2D eigenvalue weighted by Crippen LogP contribution is -2.41. The summed E-state index contributed by atoms with van der Waals surface area (Å²) in [5.74, 6) is 1.75. The molecule has 1 atom stereocenters. The van der Waals surface area contributed by atoms with Crippen molar-refractivity contribution in [3.05, 3.63) is 66.7 Å². The van der Waals surface area contributed by atoms with E-state index in [1.165, 1.54) is 33.6 Å². The molecule has 0 bridgehead atoms. The van der Waals surface area contributed by atoms with E-state index in [4.69, 9.17) is 24.9 Å². The van der Waals surface area contributed by atoms with E-state index in [0.29, 0.717) is 53.7 Å². The molecule has 4 heterocycles. The lowest BCUT2D eigenvalue weighted by Gasteiger charge is -2.25. The Labute approximate surface area is 259 Å². The van der Waals surface area contributed by atoms with E-state index in [2.05, 4.69) is 15.3 Å². The van der Waals surface area contributed by atoms with Gasteiger partial charge in [0, 0.05) is 24.9 Å². The monoisotopic (exact) mass is 632 g/mol. The van der Waals surface area contributed by atoms with Gasteiger partial charge in [-0.25, -0.2) is 22.4 Å². The predicted octanol–water partition coefficient (Wildman–Crippen LogP) is 3.39. The normalized spacial score (nSPS) is 14.9. The first kappa shape index (κ1) is 29.7. The second-order valence-electron chi connectivity index (χ2n) is 10.5. The lowest BCUT2D eigenvalue weighted by molar-refractivity contribution is -0.119. The number of fused-ring (bicyclic) bond motifs is 1. The Morgan fingerprint density at radius 1 is 1.04 bits per heavy atom. The van der Waals surface area contributed by atoms with Crippen LogP contribution in [0.5, 0.6) is 17.2 Å². The summed E-state index contributed by atoms with van der Waals surface area (Å²) in [5.41, 5.74) is 7.86. The molecule has 6 rings (SSSR count). The van der Waals surface area contributed by atoms with Gasteiger partial charge in [0.1, 0.15) is 17.9 Å². The molecule has 0 unspecified atom stereocenters. The van der Waals surface area contributed by atoms with Crippen LogP contribution >= 0.6 is 0 Å². The van der Waals surface area contributed by atoms with Crippen LogP contribution < -0.4 is 30.2 Å². The molecule has 3 aromatic heterocycles. The third-order valence-corrected chi connectivity index (χ3v) is 9.32. The van der Waals surface area contributed by atoms with Crippen LogP contribution in [0.15, 0.2) is 66.1 Å². The largest absolute Gasteiger partial charge is 0.493 e. The second-order valence-corrected chi connectivity index (χ2v) is 12.3. The summed E-state index contributed by atoms with van der Waals surface area (Å²) in [7, 11) is 0.585. The molecule has 234 valence electrons. The Balaban J connectivity index is 1.43. The van der Waals surface area contributed by atoms with Crippen molar-refractivity contribution in [2.75, 3.05) is 38.1 Å². The zero-order valence-electron chi connectivity index (χ0n) is 25.1. The number of carbonyl (C=O) groups excluding carboxylic acids is 1. The molecule has 1 amide bonds. The predicted molar refractivity (Wildman–Crippen MR) is 167 cm³/mol. The molecule has 1 aliphatic heterocycles. The van der Waals surface area contributed by atoms with Crippen LogP contribution in [-0.4, -0.2) is 71.7 Å². The van der Waals surface area contributed by atoms with Gasteiger partial charge in [-0.2, -0.15) is 4.98 Å². The number of hydrogen-bond acceptors (Lipinski definition) is 11. The van der Waals surface area contributed by atoms with Gasteiger partial charge in [0.15, 0.2) is 23.1 Å². The summed E-state index contributed by atoms with van der Waals surface area (Å²) in [6, 6.07) is 11.2. The smallest absolute Gasteiger partial charge is 0.268 e. The second kappa shape index (κ2) is 11.6. The minimum atomic E-state index is -4.02. The minimum absolute atomic E-state index is 0.123. The number of primary amides is 1. The van der Waals surface area contributed by atoms with Crippen molar-refractivity contribution >= 4 is 44.5 Å². The summed E-state index contributed by atoms with van der Waals surface area (Å²) in [4.78, 5) is 28.1. The quantitative estimate of drug-likeness (QED) is 0.231. The average Bonchev–Trinajstić information content (AvgIpc) is 3.80. The summed E-state index contributed by atoms with van der Waals surface area (Å²) < 4.78 is 46.9. The number of benzene rings is 2. The Morgan fingerprint density at radius 2 is 1.80 bits per heavy atom. The molecule has 0 radical (unpaired) electrons. The summed E-state index contributed by atoms with van der Waals surface area (Å²) >= 11 is 0. The molecule has 1 fully saturated rings. The van der Waals surface area contributed by atoms with Gasteiger partial charge < -0.3 is 34.7 Å². The van der Waals surface area contributed by atoms with E-state index in [-0.39, 0.29) is 22.2 Å². The fourth-order valence-electron chi connectivity index (χ4n) is 5.52. The number of nitrogens with two attached hydrogens (primary N) is 1. The first-order chi connectivity index (χ1) is 21.6. The Bertz CT molecular complexity index is 2000. The van der Waals surface area contributed by atoms with Crippen LogP contribution in [0, 0.1) is 6.92 Å². The number of aryl methyl sites for hydroxylation is 1. The summed E-state index contributed by atoms with van der Waals surface area (Å²) in [6.45, 7) is 2.29. The highest BCUT2D eigenvalue weighted by molar-refractivity contribution is 7.90. The van der Waals surface area contributed by atoms with Crippen molar-refractivity contribution in [3.63, 3.8) is 0 Å². The van der Waals surface area contributed by atoms with Gasteiger partial charge in [-0.15, -0.1) is 0 Å². The maximum atomic E-state index is 13.8. The third kappa shape index (κ3) is 5.35. The van der Waals surface area contributed by atoms with Crippen LogP contribution in [0.1, 0.15) is 18.4 Å². The zero-order valence-corrected chi connectivity index (χ0v) is 25.9. The molecule has 3 N–H and O–H groups in total. The van der Waals surface area contributed by atoms with Gasteiger partial charge in [0.2, 0.25) is 17.6 Å². The molecule has 1 aliphatic rings. The highest BCUT2D eigenvalue weighted by Gasteiger charge is 2.34. The number of aromatic nitrogens is 5. The molecule has 15 heteroatoms. The molecule has 0 aliphatic carbocycles. The van der Waals surface area contributed by atoms with Gasteiger partial charge in [-0.3, -0.25) is 4.79 Å². The molecule has 5 aromatic rings. The zero-order chi connectivity index (χ0) is 31.9. The van der Waals surface area contributed by atoms with Gasteiger partial charge in [-0.05, 0) is 43.5 Å². The molecule has 0 spiro atoms. The van der Waals surface area contributed by atoms with E-state index in [9.17, 15) is 13.2 Å². The average molecular weight is 633 g/mol. The van der Waals surface area contributed by atoms with E-state index in [0.717, 1.165) is 9.54 Å². The van der Waals surface area contributed by atoms with Gasteiger partial charge in [-0.1, -0.05) is 12.1 Å². The first-order valence-corrected chi connectivity index (χ1v) is 15.5. The number of carbonyl (C=O) groups is 1. The highest BCUT2D eigenvalue weighted by atomic mass is 32.2. The van der Waals surface area contributed by atoms with Crippen LogP contribution in [0.25, 0.3) is 16.7 Å². The number of amides is 1. The fraction of sp³-hybridized carbons (Fsp3) is 0.267. The van der Waals surface area contributed by atoms with Crippen molar-refractivity contribution in [1.29, 1.82) is 0 Å². The molecule has 45 heavy (non-hydrogen) atoms. The summed E-state index contributed by atoms with van der Waals surface area (Å²) in [6.07, 6.45) is 5.97. The topological polar surface area (TPSA) is 169 Å². The van der Waals surface area contributed by atoms with Gasteiger partial charge in [0.25, 0.3) is 10.0 Å². The van der Waals surface area contributed by atoms with Gasteiger partial charge in [0.05, 0.1) is 43.6 Å². The molecule has 14 nitrogen and oxygen atoms in total. The van der Waals surface area contributed by atoms with Crippen LogP contribution in [0.4, 0.5) is 17.6 Å². The van der Waals surface area contributed by atoms with E-state index in [1.807, 2.05) is 13.0 Å². The van der Waals surface area contributed by atoms with E-state index >= 15 is 0 Å². The van der Waals surface area contributed by atoms with Crippen molar-refractivity contribution in [3.8, 4) is 22.9 Å². The molecule has 2 aromatic carbocycles. The van der Waals surface area contributed by atoms with Crippen LogP contribution in [0.3, 0.4) is 0 Å². The molecule has 0 saturated carbocycles. The Morgan fingerprint density at radius 3 is 2.47 bits per heavy atom. The Kier molecular flexibility index (Phi) is 7.70. The number of anilines is 3. The molecular weight excluding hydrogens is 600 g/mol. The van der Waals surface area contributed by atoms with Crippen LogP contribution in [0.2, 0.25) is 0 Å². The first-order valence-electron chi connectivity index (χ1n) is 14.0. The summed E-state index contributed by atoms with van der Waals surface area (Å²) in [5, 5.41) is 3.12. The number of ether oxygens (including phenoxy) is 3. The van der Waals surface area contributed by atoms with E-state index < -0.39 is 22.0 Å². The minimum Gasteiger partial charge on any atom is -0.493 e. The highest BCUT2D eigenvalue weighted by Crippen LogP contribution is 2.39. The van der Waals surface area contributed by atoms with E-state index in [1.54, 1.807) is 52.3 Å². The van der Waals surface area contributed by atoms with Crippen molar-refractivity contribution in [1.82, 2.24) is 23.5 Å². The number of nitrogens with zero attached hydrogens (tertiary/aromatic N) is 6. The van der Waals surface area contributed by atoms with Gasteiger partial charge >= 0.3 is 0 Å². The van der Waals surface area contributed by atoms with Crippen molar-refractivity contribution < 1.29 is 27.4 Å².